The summed E-state index contributed by atoms with van der Waals surface area (Å²) in [4.78, 5) is 48.2. The lowest BCUT2D eigenvalue weighted by Gasteiger charge is -2.35. The van der Waals surface area contributed by atoms with E-state index in [0.29, 0.717) is 0 Å². The van der Waals surface area contributed by atoms with E-state index >= 15 is 0 Å². The van der Waals surface area contributed by atoms with Crippen LogP contribution >= 0.6 is 0 Å². The zero-order chi connectivity index (χ0) is 18.5. The number of hydrogen-bond donors (Lipinski definition) is 0. The molecule has 0 heterocycles. The molecule has 0 aliphatic rings. The van der Waals surface area contributed by atoms with E-state index in [1.807, 2.05) is 0 Å². The molecule has 0 spiro atoms. The Morgan fingerprint density at radius 2 is 1.71 bits per heavy atom. The highest BCUT2D eigenvalue weighted by molar-refractivity contribution is 6.22. The van der Waals surface area contributed by atoms with Gasteiger partial charge in [0.1, 0.15) is 5.82 Å². The van der Waals surface area contributed by atoms with Crippen LogP contribution in [0.15, 0.2) is 24.3 Å². The molecule has 1 aromatic carbocycles. The number of carboxylic acids is 1. The van der Waals surface area contributed by atoms with Crippen LogP contribution in [-0.2, 0) is 23.9 Å². The lowest BCUT2D eigenvalue weighted by molar-refractivity contribution is -0.306. The number of carboxylic acid groups (broad SMARTS) is 1. The number of hydrogen-bond acceptors (Lipinski definition) is 6. The Balaban J connectivity index is 3.72. The Morgan fingerprint density at radius 3 is 2.12 bits per heavy atom. The third kappa shape index (κ3) is 3.50. The van der Waals surface area contributed by atoms with Gasteiger partial charge in [0.15, 0.2) is 17.0 Å². The number of esters is 1. The predicted molar refractivity (Wildman–Crippen MR) is 79.2 cm³/mol. The second-order valence-corrected chi connectivity index (χ2v) is 5.29. The Kier molecular flexibility index (Phi) is 6.34. The summed E-state index contributed by atoms with van der Waals surface area (Å²) in [6.45, 7) is 3.29. The van der Waals surface area contributed by atoms with Gasteiger partial charge in [-0.15, -0.1) is 0 Å². The quantitative estimate of drug-likeness (QED) is 0.513. The van der Waals surface area contributed by atoms with E-state index in [4.69, 9.17) is 4.74 Å². The van der Waals surface area contributed by atoms with Gasteiger partial charge in [-0.1, -0.05) is 18.2 Å². The highest BCUT2D eigenvalue weighted by Crippen LogP contribution is 2.42. The molecule has 0 aromatic heterocycles. The monoisotopic (exact) mass is 337 g/mol. The highest BCUT2D eigenvalue weighted by atomic mass is 19.1. The SMILES string of the molecule is CCOC(=O)C(C(C)=O)(C(C)=O)C(CC(=O)[O-])c1ccccc1F. The molecule has 24 heavy (non-hydrogen) atoms. The van der Waals surface area contributed by atoms with Crippen LogP contribution in [0.3, 0.4) is 0 Å². The van der Waals surface area contributed by atoms with E-state index in [0.717, 1.165) is 19.9 Å². The van der Waals surface area contributed by atoms with Crippen molar-refractivity contribution in [3.05, 3.63) is 35.6 Å². The second kappa shape index (κ2) is 7.81. The maximum Gasteiger partial charge on any atom is 0.327 e. The van der Waals surface area contributed by atoms with Crippen molar-refractivity contribution in [1.82, 2.24) is 0 Å². The van der Waals surface area contributed by atoms with Gasteiger partial charge in [-0.05, 0) is 38.8 Å². The normalized spacial score (nSPS) is 12.3. The number of carbonyl (C=O) groups is 4. The molecule has 0 radical (unpaired) electrons. The average Bonchev–Trinajstić information content (AvgIpc) is 2.46. The molecule has 7 heteroatoms. The van der Waals surface area contributed by atoms with Crippen molar-refractivity contribution in [2.45, 2.75) is 33.1 Å². The van der Waals surface area contributed by atoms with E-state index < -0.39 is 47.1 Å². The molecular weight excluding hydrogens is 319 g/mol. The molecule has 1 atom stereocenters. The number of Topliss-reactive ketones (excluding diaryl/α,β-unsaturated/α-hetero) is 2. The zero-order valence-electron chi connectivity index (χ0n) is 13.6. The van der Waals surface area contributed by atoms with E-state index in [-0.39, 0.29) is 12.2 Å². The molecule has 0 aliphatic heterocycles. The molecule has 0 saturated carbocycles. The van der Waals surface area contributed by atoms with Crippen LogP contribution in [0, 0.1) is 11.2 Å². The molecule has 0 fully saturated rings. The number of ketones is 2. The van der Waals surface area contributed by atoms with Gasteiger partial charge in [0, 0.05) is 11.9 Å². The van der Waals surface area contributed by atoms with Crippen molar-refractivity contribution in [1.29, 1.82) is 0 Å². The third-order valence-corrected chi connectivity index (χ3v) is 3.88. The van der Waals surface area contributed by atoms with Crippen LogP contribution < -0.4 is 5.11 Å². The lowest BCUT2D eigenvalue weighted by atomic mass is 9.65. The van der Waals surface area contributed by atoms with Crippen molar-refractivity contribution in [3.8, 4) is 0 Å². The fourth-order valence-corrected chi connectivity index (χ4v) is 2.83. The van der Waals surface area contributed by atoms with Crippen LogP contribution in [0.1, 0.15) is 38.7 Å². The standard InChI is InChI=1S/C17H19FO6/c1-4-24-16(23)17(10(2)19,11(3)20)13(9-15(21)22)12-7-5-6-8-14(12)18/h5-8,13H,4,9H2,1-3H3,(H,21,22)/p-1. The second-order valence-electron chi connectivity index (χ2n) is 5.29. The van der Waals surface area contributed by atoms with Crippen LogP contribution in [0.5, 0.6) is 0 Å². The summed E-state index contributed by atoms with van der Waals surface area (Å²) in [5, 5.41) is 11.2. The molecule has 1 unspecified atom stereocenters. The fraction of sp³-hybridized carbons (Fsp3) is 0.412. The molecule has 130 valence electrons. The zero-order valence-corrected chi connectivity index (χ0v) is 13.6. The summed E-state index contributed by atoms with van der Waals surface area (Å²) in [7, 11) is 0. The van der Waals surface area contributed by atoms with Crippen molar-refractivity contribution in [3.63, 3.8) is 0 Å². The van der Waals surface area contributed by atoms with Crippen LogP contribution in [0.4, 0.5) is 4.39 Å². The summed E-state index contributed by atoms with van der Waals surface area (Å²) < 4.78 is 19.0. The minimum Gasteiger partial charge on any atom is -0.550 e. The molecule has 1 aromatic rings. The molecule has 0 bridgehead atoms. The first-order valence-electron chi connectivity index (χ1n) is 7.33. The van der Waals surface area contributed by atoms with Gasteiger partial charge in [-0.25, -0.2) is 4.39 Å². The summed E-state index contributed by atoms with van der Waals surface area (Å²) in [5.41, 5.74) is -2.68. The van der Waals surface area contributed by atoms with Crippen molar-refractivity contribution in [2.75, 3.05) is 6.61 Å². The molecule has 0 aliphatic carbocycles. The first-order chi connectivity index (χ1) is 11.2. The lowest BCUT2D eigenvalue weighted by Crippen LogP contribution is -2.51. The van der Waals surface area contributed by atoms with Crippen molar-refractivity contribution in [2.24, 2.45) is 5.41 Å². The maximum absolute atomic E-state index is 14.2. The average molecular weight is 337 g/mol. The van der Waals surface area contributed by atoms with E-state index in [1.54, 1.807) is 0 Å². The van der Waals surface area contributed by atoms with Crippen LogP contribution in [-0.4, -0.2) is 30.1 Å². The maximum atomic E-state index is 14.2. The summed E-state index contributed by atoms with van der Waals surface area (Å²) in [6, 6.07) is 5.05. The number of carbonyl (C=O) groups excluding carboxylic acids is 4. The van der Waals surface area contributed by atoms with E-state index in [1.165, 1.54) is 25.1 Å². The fourth-order valence-electron chi connectivity index (χ4n) is 2.83. The summed E-state index contributed by atoms with van der Waals surface area (Å²) >= 11 is 0. The first-order valence-corrected chi connectivity index (χ1v) is 7.33. The summed E-state index contributed by atoms with van der Waals surface area (Å²) in [6.07, 6.45) is -0.890. The Morgan fingerprint density at radius 1 is 1.17 bits per heavy atom. The number of rotatable bonds is 8. The van der Waals surface area contributed by atoms with Gasteiger partial charge < -0.3 is 14.6 Å². The number of ether oxygens (including phenoxy) is 1. The Bertz CT molecular complexity index is 653. The topological polar surface area (TPSA) is 101 Å². The van der Waals surface area contributed by atoms with Gasteiger partial charge in [0.05, 0.1) is 6.61 Å². The third-order valence-electron chi connectivity index (χ3n) is 3.88. The largest absolute Gasteiger partial charge is 0.550 e. The molecule has 1 rings (SSSR count). The molecule has 6 nitrogen and oxygen atoms in total. The molecule has 0 amide bonds. The Labute approximate surface area is 138 Å². The molecular formula is C17H18FO6-. The highest BCUT2D eigenvalue weighted by Gasteiger charge is 2.56. The van der Waals surface area contributed by atoms with Crippen molar-refractivity contribution >= 4 is 23.5 Å². The minimum atomic E-state index is -2.45. The van der Waals surface area contributed by atoms with Crippen LogP contribution in [0.25, 0.3) is 0 Å². The minimum absolute atomic E-state index is 0.129. The smallest absolute Gasteiger partial charge is 0.327 e. The van der Waals surface area contributed by atoms with Crippen molar-refractivity contribution < 1.29 is 33.4 Å². The van der Waals surface area contributed by atoms with Gasteiger partial charge in [-0.2, -0.15) is 0 Å². The number of halogens is 1. The number of aliphatic carboxylic acids is 1. The molecule has 0 N–H and O–H groups in total. The van der Waals surface area contributed by atoms with Gasteiger partial charge in [0.2, 0.25) is 0 Å². The summed E-state index contributed by atoms with van der Waals surface area (Å²) in [5.74, 6) is -7.05. The Hall–Kier alpha value is -2.57. The number of benzene rings is 1. The first kappa shape index (κ1) is 19.5. The van der Waals surface area contributed by atoms with Gasteiger partial charge >= 0.3 is 5.97 Å². The van der Waals surface area contributed by atoms with E-state index in [9.17, 15) is 28.7 Å². The van der Waals surface area contributed by atoms with E-state index in [2.05, 4.69) is 0 Å². The van der Waals surface area contributed by atoms with Gasteiger partial charge in [-0.3, -0.25) is 14.4 Å². The van der Waals surface area contributed by atoms with Gasteiger partial charge in [0.25, 0.3) is 0 Å². The van der Waals surface area contributed by atoms with Crippen LogP contribution in [0.2, 0.25) is 0 Å². The predicted octanol–water partition coefficient (Wildman–Crippen LogP) is 0.777. The molecule has 0 saturated heterocycles.